The van der Waals surface area contributed by atoms with Gasteiger partial charge in [-0.05, 0) is 24.4 Å². The van der Waals surface area contributed by atoms with Gasteiger partial charge in [-0.15, -0.1) is 6.42 Å². The smallest absolute Gasteiger partial charge is 0.0574 e. The van der Waals surface area contributed by atoms with Crippen molar-refractivity contribution >= 4 is 10.9 Å². The van der Waals surface area contributed by atoms with Crippen LogP contribution in [0.4, 0.5) is 0 Å². The molecule has 0 aliphatic heterocycles. The number of para-hydroxylation sites is 1. The minimum Gasteiger partial charge on any atom is -0.346 e. The van der Waals surface area contributed by atoms with E-state index in [-0.39, 0.29) is 5.92 Å². The number of fused-ring (bicyclic) bond motifs is 1. The highest BCUT2D eigenvalue weighted by molar-refractivity contribution is 5.81. The summed E-state index contributed by atoms with van der Waals surface area (Å²) in [7, 11) is 2.06. The number of terminal acetylenes is 1. The number of nitrogens with zero attached hydrogens (tertiary/aromatic N) is 1. The predicted octanol–water partition coefficient (Wildman–Crippen LogP) is 2.92. The molecular formula is C13H13N. The third kappa shape index (κ3) is 1.20. The van der Waals surface area contributed by atoms with E-state index in [9.17, 15) is 0 Å². The van der Waals surface area contributed by atoms with Crippen LogP contribution in [-0.2, 0) is 7.05 Å². The lowest BCUT2D eigenvalue weighted by atomic mass is 10.1. The Kier molecular flexibility index (Phi) is 2.05. The zero-order chi connectivity index (χ0) is 10.1. The monoisotopic (exact) mass is 183 g/mol. The van der Waals surface area contributed by atoms with Crippen molar-refractivity contribution < 1.29 is 0 Å². The molecule has 0 spiro atoms. The molecule has 2 aromatic rings. The van der Waals surface area contributed by atoms with Crippen molar-refractivity contribution in [1.82, 2.24) is 4.57 Å². The average molecular weight is 183 g/mol. The molecule has 0 radical (unpaired) electrons. The molecule has 1 heterocycles. The third-order valence-electron chi connectivity index (χ3n) is 2.68. The van der Waals surface area contributed by atoms with Crippen molar-refractivity contribution in [3.05, 3.63) is 36.0 Å². The Morgan fingerprint density at radius 3 is 2.71 bits per heavy atom. The number of hydrogen-bond donors (Lipinski definition) is 0. The summed E-state index contributed by atoms with van der Waals surface area (Å²) in [5.41, 5.74) is 2.44. The van der Waals surface area contributed by atoms with Crippen molar-refractivity contribution in [3.8, 4) is 12.3 Å². The summed E-state index contributed by atoms with van der Waals surface area (Å²) in [6.07, 6.45) is 5.43. The summed E-state index contributed by atoms with van der Waals surface area (Å²) in [6.45, 7) is 2.05. The fourth-order valence-corrected chi connectivity index (χ4v) is 1.81. The Morgan fingerprint density at radius 1 is 1.36 bits per heavy atom. The molecule has 0 amide bonds. The molecule has 1 atom stereocenters. The quantitative estimate of drug-likeness (QED) is 0.599. The molecule has 14 heavy (non-hydrogen) atoms. The van der Waals surface area contributed by atoms with Crippen molar-refractivity contribution in [3.63, 3.8) is 0 Å². The van der Waals surface area contributed by atoms with E-state index in [4.69, 9.17) is 6.42 Å². The first-order valence-electron chi connectivity index (χ1n) is 4.74. The van der Waals surface area contributed by atoms with Crippen molar-refractivity contribution in [2.45, 2.75) is 12.8 Å². The number of aromatic nitrogens is 1. The van der Waals surface area contributed by atoms with E-state index in [2.05, 4.69) is 35.7 Å². The summed E-state index contributed by atoms with van der Waals surface area (Å²) in [5, 5.41) is 1.26. The van der Waals surface area contributed by atoms with Crippen LogP contribution in [0.15, 0.2) is 30.3 Å². The van der Waals surface area contributed by atoms with Crippen LogP contribution < -0.4 is 0 Å². The molecule has 70 valence electrons. The van der Waals surface area contributed by atoms with Gasteiger partial charge in [-0.3, -0.25) is 0 Å². The van der Waals surface area contributed by atoms with Gasteiger partial charge in [0.25, 0.3) is 0 Å². The van der Waals surface area contributed by atoms with E-state index in [1.807, 2.05) is 19.1 Å². The molecule has 1 aromatic heterocycles. The van der Waals surface area contributed by atoms with Gasteiger partial charge in [-0.2, -0.15) is 0 Å². The van der Waals surface area contributed by atoms with Crippen LogP contribution in [0.5, 0.6) is 0 Å². The molecule has 0 bridgehead atoms. The molecular weight excluding hydrogens is 170 g/mol. The molecule has 1 unspecified atom stereocenters. The van der Waals surface area contributed by atoms with Gasteiger partial charge in [0.05, 0.1) is 5.92 Å². The number of benzene rings is 1. The topological polar surface area (TPSA) is 4.93 Å². The fraction of sp³-hybridized carbons (Fsp3) is 0.231. The predicted molar refractivity (Wildman–Crippen MR) is 60.2 cm³/mol. The van der Waals surface area contributed by atoms with Gasteiger partial charge in [0.1, 0.15) is 0 Å². The zero-order valence-electron chi connectivity index (χ0n) is 8.49. The Labute approximate surface area is 84.4 Å². The van der Waals surface area contributed by atoms with Crippen LogP contribution in [0.25, 0.3) is 10.9 Å². The highest BCUT2D eigenvalue weighted by atomic mass is 14.9. The van der Waals surface area contributed by atoms with E-state index < -0.39 is 0 Å². The summed E-state index contributed by atoms with van der Waals surface area (Å²) < 4.78 is 2.17. The molecule has 0 aliphatic carbocycles. The van der Waals surface area contributed by atoms with E-state index in [0.29, 0.717) is 0 Å². The van der Waals surface area contributed by atoms with Gasteiger partial charge < -0.3 is 4.57 Å². The molecule has 1 aromatic carbocycles. The lowest BCUT2D eigenvalue weighted by Crippen LogP contribution is -1.98. The van der Waals surface area contributed by atoms with Crippen LogP contribution >= 0.6 is 0 Å². The van der Waals surface area contributed by atoms with Crippen LogP contribution in [-0.4, -0.2) is 4.57 Å². The first-order chi connectivity index (χ1) is 6.74. The van der Waals surface area contributed by atoms with E-state index in [0.717, 1.165) is 0 Å². The highest BCUT2D eigenvalue weighted by Gasteiger charge is 2.09. The maximum atomic E-state index is 5.43. The summed E-state index contributed by atoms with van der Waals surface area (Å²) in [4.78, 5) is 0. The van der Waals surface area contributed by atoms with E-state index in [1.54, 1.807) is 0 Å². The van der Waals surface area contributed by atoms with Gasteiger partial charge in [0.15, 0.2) is 0 Å². The van der Waals surface area contributed by atoms with Crippen molar-refractivity contribution in [2.24, 2.45) is 7.05 Å². The van der Waals surface area contributed by atoms with Crippen LogP contribution in [0.1, 0.15) is 18.5 Å². The van der Waals surface area contributed by atoms with Crippen LogP contribution in [0.2, 0.25) is 0 Å². The highest BCUT2D eigenvalue weighted by Crippen LogP contribution is 2.23. The normalized spacial score (nSPS) is 12.6. The molecule has 0 N–H and O–H groups in total. The SMILES string of the molecule is C#CC(C)c1cc2ccccc2n1C. The zero-order valence-corrected chi connectivity index (χ0v) is 8.49. The molecule has 0 fully saturated rings. The molecule has 1 heteroatoms. The van der Waals surface area contributed by atoms with Gasteiger partial charge >= 0.3 is 0 Å². The Balaban J connectivity index is 2.70. The summed E-state index contributed by atoms with van der Waals surface area (Å²) in [6, 6.07) is 10.5. The average Bonchev–Trinajstić information content (AvgIpc) is 2.56. The Morgan fingerprint density at radius 2 is 2.07 bits per heavy atom. The van der Waals surface area contributed by atoms with Gasteiger partial charge in [0, 0.05) is 18.3 Å². The molecule has 1 nitrogen and oxygen atoms in total. The summed E-state index contributed by atoms with van der Waals surface area (Å²) >= 11 is 0. The maximum absolute atomic E-state index is 5.43. The standard InChI is InChI=1S/C13H13N/c1-4-10(2)13-9-11-7-5-6-8-12(11)14(13)3/h1,5-10H,2-3H3. The minimum atomic E-state index is 0.174. The maximum Gasteiger partial charge on any atom is 0.0574 e. The second-order valence-electron chi connectivity index (χ2n) is 3.58. The number of rotatable bonds is 1. The third-order valence-corrected chi connectivity index (χ3v) is 2.68. The largest absolute Gasteiger partial charge is 0.346 e. The Bertz CT molecular complexity index is 499. The van der Waals surface area contributed by atoms with E-state index >= 15 is 0 Å². The molecule has 0 saturated heterocycles. The van der Waals surface area contributed by atoms with Crippen LogP contribution in [0, 0.1) is 12.3 Å². The second-order valence-corrected chi connectivity index (χ2v) is 3.58. The van der Waals surface area contributed by atoms with Gasteiger partial charge in [-0.25, -0.2) is 0 Å². The lowest BCUT2D eigenvalue weighted by Gasteiger charge is -2.05. The van der Waals surface area contributed by atoms with Crippen molar-refractivity contribution in [1.29, 1.82) is 0 Å². The summed E-state index contributed by atoms with van der Waals surface area (Å²) in [5.74, 6) is 2.94. The Hall–Kier alpha value is -1.68. The number of hydrogen-bond acceptors (Lipinski definition) is 0. The molecule has 0 aliphatic rings. The van der Waals surface area contributed by atoms with Gasteiger partial charge in [0.2, 0.25) is 0 Å². The van der Waals surface area contributed by atoms with Crippen LogP contribution in [0.3, 0.4) is 0 Å². The number of aryl methyl sites for hydroxylation is 1. The van der Waals surface area contributed by atoms with Crippen molar-refractivity contribution in [2.75, 3.05) is 0 Å². The second kappa shape index (κ2) is 3.23. The fourth-order valence-electron chi connectivity index (χ4n) is 1.81. The van der Waals surface area contributed by atoms with E-state index in [1.165, 1.54) is 16.6 Å². The first-order valence-corrected chi connectivity index (χ1v) is 4.74. The molecule has 0 saturated carbocycles. The molecule has 2 rings (SSSR count). The van der Waals surface area contributed by atoms with Gasteiger partial charge in [-0.1, -0.05) is 24.1 Å². The first kappa shape index (κ1) is 8.90. The lowest BCUT2D eigenvalue weighted by molar-refractivity contribution is 0.821. The minimum absolute atomic E-state index is 0.174.